The number of nitrogens with one attached hydrogen (secondary N) is 2. The summed E-state index contributed by atoms with van der Waals surface area (Å²) in [4.78, 5) is 16.5. The minimum absolute atomic E-state index is 0. The molecule has 2 unspecified atom stereocenters. The van der Waals surface area contributed by atoms with Gasteiger partial charge in [-0.25, -0.2) is 0 Å². The summed E-state index contributed by atoms with van der Waals surface area (Å²) < 4.78 is 10.7. The fourth-order valence-corrected chi connectivity index (χ4v) is 3.08. The zero-order chi connectivity index (χ0) is 18.4. The largest absolute Gasteiger partial charge is 0.494 e. The lowest BCUT2D eigenvalue weighted by atomic mass is 10.00. The Morgan fingerprint density at radius 3 is 2.85 bits per heavy atom. The zero-order valence-electron chi connectivity index (χ0n) is 15.7. The lowest BCUT2D eigenvalue weighted by Crippen LogP contribution is -2.51. The molecule has 148 valence electrons. The van der Waals surface area contributed by atoms with E-state index < -0.39 is 0 Å². The van der Waals surface area contributed by atoms with Crippen LogP contribution in [0.2, 0.25) is 0 Å². The van der Waals surface area contributed by atoms with Crippen molar-refractivity contribution in [3.63, 3.8) is 0 Å². The van der Waals surface area contributed by atoms with Gasteiger partial charge in [0.1, 0.15) is 5.75 Å². The summed E-state index contributed by atoms with van der Waals surface area (Å²) in [5, 5.41) is 10.5. The Bertz CT molecular complexity index is 720. The molecule has 8 heteroatoms. The van der Waals surface area contributed by atoms with Crippen molar-refractivity contribution in [2.75, 3.05) is 13.2 Å². The van der Waals surface area contributed by atoms with Crippen molar-refractivity contribution < 1.29 is 14.1 Å². The number of halogens is 1. The van der Waals surface area contributed by atoms with Crippen molar-refractivity contribution in [3.8, 4) is 17.1 Å². The van der Waals surface area contributed by atoms with Gasteiger partial charge in [-0.2, -0.15) is 4.98 Å². The highest BCUT2D eigenvalue weighted by atomic mass is 35.5. The van der Waals surface area contributed by atoms with Gasteiger partial charge in [0, 0.05) is 30.5 Å². The molecule has 0 spiro atoms. The summed E-state index contributed by atoms with van der Waals surface area (Å²) in [5.74, 6) is 1.82. The van der Waals surface area contributed by atoms with Crippen molar-refractivity contribution in [2.24, 2.45) is 0 Å². The molecule has 27 heavy (non-hydrogen) atoms. The minimum Gasteiger partial charge on any atom is -0.494 e. The first-order valence-electron chi connectivity index (χ1n) is 9.24. The van der Waals surface area contributed by atoms with Gasteiger partial charge >= 0.3 is 0 Å². The van der Waals surface area contributed by atoms with Crippen molar-refractivity contribution in [3.05, 3.63) is 30.2 Å². The predicted octanol–water partition coefficient (Wildman–Crippen LogP) is 2.75. The van der Waals surface area contributed by atoms with Gasteiger partial charge in [0.15, 0.2) is 0 Å². The Kier molecular flexibility index (Phi) is 8.06. The molecule has 0 bridgehead atoms. The molecule has 1 aliphatic heterocycles. The van der Waals surface area contributed by atoms with Gasteiger partial charge in [0.05, 0.1) is 6.61 Å². The molecule has 2 N–H and O–H groups in total. The number of hydrogen-bond donors (Lipinski definition) is 2. The maximum absolute atomic E-state index is 12.2. The molecule has 1 aromatic carbocycles. The first-order chi connectivity index (χ1) is 12.7. The maximum atomic E-state index is 12.2. The maximum Gasteiger partial charge on any atom is 0.227 e. The molecule has 2 atom stereocenters. The molecule has 1 amide bonds. The Balaban J connectivity index is 0.00000261. The molecule has 2 heterocycles. The van der Waals surface area contributed by atoms with E-state index in [1.165, 1.54) is 0 Å². The number of carbonyl (C=O) groups is 1. The molecule has 1 aliphatic rings. The molecular formula is C19H27ClN4O3. The van der Waals surface area contributed by atoms with E-state index in [0.29, 0.717) is 37.2 Å². The number of piperidine rings is 1. The Labute approximate surface area is 165 Å². The molecule has 7 nitrogen and oxygen atoms in total. The summed E-state index contributed by atoms with van der Waals surface area (Å²) in [6, 6.07) is 8.04. The monoisotopic (exact) mass is 394 g/mol. The molecule has 0 aliphatic carbocycles. The SMILES string of the molecule is CCOc1ccc(-c2noc(CCC(=O)NC3CCCNC3C)n2)cc1.Cl. The summed E-state index contributed by atoms with van der Waals surface area (Å²) in [7, 11) is 0. The van der Waals surface area contributed by atoms with Crippen LogP contribution in [0.25, 0.3) is 11.4 Å². The first kappa shape index (κ1) is 21.2. The van der Waals surface area contributed by atoms with E-state index in [9.17, 15) is 4.79 Å². The topological polar surface area (TPSA) is 89.3 Å². The summed E-state index contributed by atoms with van der Waals surface area (Å²) >= 11 is 0. The van der Waals surface area contributed by atoms with Crippen LogP contribution < -0.4 is 15.4 Å². The standard InChI is InChI=1S/C19H26N4O3.ClH/c1-3-25-15-8-6-14(7-9-15)19-22-18(26-23-19)11-10-17(24)21-16-5-4-12-20-13(16)2;/h6-9,13,16,20H,3-5,10-12H2,1-2H3,(H,21,24);1H. The third kappa shape index (κ3) is 5.94. The van der Waals surface area contributed by atoms with Gasteiger partial charge in [-0.3, -0.25) is 4.79 Å². The van der Waals surface area contributed by atoms with E-state index in [1.54, 1.807) is 0 Å². The number of amides is 1. The molecule has 2 aromatic rings. The Morgan fingerprint density at radius 2 is 2.15 bits per heavy atom. The first-order valence-corrected chi connectivity index (χ1v) is 9.24. The number of ether oxygens (including phenoxy) is 1. The summed E-state index contributed by atoms with van der Waals surface area (Å²) in [6.07, 6.45) is 2.88. The van der Waals surface area contributed by atoms with E-state index in [1.807, 2.05) is 31.2 Å². The van der Waals surface area contributed by atoms with Crippen LogP contribution in [0.3, 0.4) is 0 Å². The van der Waals surface area contributed by atoms with Gasteiger partial charge in [-0.1, -0.05) is 5.16 Å². The highest BCUT2D eigenvalue weighted by Crippen LogP contribution is 2.20. The van der Waals surface area contributed by atoms with Crippen molar-refractivity contribution in [2.45, 2.75) is 51.6 Å². The minimum atomic E-state index is 0. The Morgan fingerprint density at radius 1 is 1.37 bits per heavy atom. The third-order valence-corrected chi connectivity index (χ3v) is 4.57. The average Bonchev–Trinajstić information content (AvgIpc) is 3.12. The molecule has 1 aromatic heterocycles. The van der Waals surface area contributed by atoms with E-state index in [2.05, 4.69) is 27.7 Å². The molecule has 0 saturated carbocycles. The number of rotatable bonds is 7. The Hall–Kier alpha value is -2.12. The normalized spacial score (nSPS) is 19.2. The van der Waals surface area contributed by atoms with Crippen molar-refractivity contribution >= 4 is 18.3 Å². The molecule has 1 saturated heterocycles. The van der Waals surface area contributed by atoms with Gasteiger partial charge in [0.2, 0.25) is 17.6 Å². The van der Waals surface area contributed by atoms with Crippen LogP contribution in [0.1, 0.15) is 39.0 Å². The number of hydrogen-bond acceptors (Lipinski definition) is 6. The van der Waals surface area contributed by atoms with Crippen LogP contribution in [0.4, 0.5) is 0 Å². The fraction of sp³-hybridized carbons (Fsp3) is 0.526. The van der Waals surface area contributed by atoms with Crippen LogP contribution in [-0.4, -0.2) is 41.3 Å². The molecule has 1 fully saturated rings. The van der Waals surface area contributed by atoms with E-state index >= 15 is 0 Å². The lowest BCUT2D eigenvalue weighted by Gasteiger charge is -2.30. The van der Waals surface area contributed by atoms with E-state index in [0.717, 1.165) is 30.7 Å². The lowest BCUT2D eigenvalue weighted by molar-refractivity contribution is -0.122. The molecular weight excluding hydrogens is 368 g/mol. The smallest absolute Gasteiger partial charge is 0.227 e. The molecule has 3 rings (SSSR count). The number of aryl methyl sites for hydroxylation is 1. The van der Waals surface area contributed by atoms with Crippen LogP contribution >= 0.6 is 12.4 Å². The number of benzene rings is 1. The van der Waals surface area contributed by atoms with E-state index in [4.69, 9.17) is 9.26 Å². The quantitative estimate of drug-likeness (QED) is 0.750. The van der Waals surface area contributed by atoms with Crippen molar-refractivity contribution in [1.82, 2.24) is 20.8 Å². The van der Waals surface area contributed by atoms with Gasteiger partial charge in [-0.05, 0) is 57.5 Å². The molecule has 0 radical (unpaired) electrons. The zero-order valence-corrected chi connectivity index (χ0v) is 16.6. The number of aromatic nitrogens is 2. The average molecular weight is 395 g/mol. The number of nitrogens with zero attached hydrogens (tertiary/aromatic N) is 2. The van der Waals surface area contributed by atoms with Crippen LogP contribution in [0.15, 0.2) is 28.8 Å². The summed E-state index contributed by atoms with van der Waals surface area (Å²) in [5.41, 5.74) is 0.856. The van der Waals surface area contributed by atoms with Gasteiger partial charge in [-0.15, -0.1) is 12.4 Å². The number of carbonyl (C=O) groups excluding carboxylic acids is 1. The second kappa shape index (κ2) is 10.3. The van der Waals surface area contributed by atoms with Crippen LogP contribution in [-0.2, 0) is 11.2 Å². The second-order valence-electron chi connectivity index (χ2n) is 6.53. The van der Waals surface area contributed by atoms with Gasteiger partial charge in [0.25, 0.3) is 0 Å². The van der Waals surface area contributed by atoms with Crippen LogP contribution in [0, 0.1) is 0 Å². The predicted molar refractivity (Wildman–Crippen MR) is 105 cm³/mol. The summed E-state index contributed by atoms with van der Waals surface area (Å²) in [6.45, 7) is 5.69. The van der Waals surface area contributed by atoms with Crippen LogP contribution in [0.5, 0.6) is 5.75 Å². The fourth-order valence-electron chi connectivity index (χ4n) is 3.08. The third-order valence-electron chi connectivity index (χ3n) is 4.57. The highest BCUT2D eigenvalue weighted by Gasteiger charge is 2.22. The highest BCUT2D eigenvalue weighted by molar-refractivity contribution is 5.85. The van der Waals surface area contributed by atoms with Crippen molar-refractivity contribution in [1.29, 1.82) is 0 Å². The van der Waals surface area contributed by atoms with Gasteiger partial charge < -0.3 is 19.9 Å². The van der Waals surface area contributed by atoms with E-state index in [-0.39, 0.29) is 24.4 Å². The second-order valence-corrected chi connectivity index (χ2v) is 6.53.